The fourth-order valence-electron chi connectivity index (χ4n) is 3.85. The molecular weight excluding hydrogens is 336 g/mol. The quantitative estimate of drug-likeness (QED) is 0.726. The van der Waals surface area contributed by atoms with Crippen LogP contribution in [0.1, 0.15) is 12.8 Å². The monoisotopic (exact) mass is 358 g/mol. The molecule has 0 aromatic carbocycles. The molecule has 26 heavy (non-hydrogen) atoms. The van der Waals surface area contributed by atoms with Gasteiger partial charge in [0.1, 0.15) is 13.1 Å². The number of hydrogen-bond acceptors (Lipinski definition) is 6. The Balaban J connectivity index is 1.40. The van der Waals surface area contributed by atoms with Crippen molar-refractivity contribution in [1.29, 1.82) is 0 Å². The summed E-state index contributed by atoms with van der Waals surface area (Å²) in [4.78, 5) is 40.7. The largest absolute Gasteiger partial charge is 0.353 e. The first-order valence-electron chi connectivity index (χ1n) is 8.90. The lowest BCUT2D eigenvalue weighted by Crippen LogP contribution is -2.47. The van der Waals surface area contributed by atoms with Crippen LogP contribution in [0.4, 0.5) is 10.6 Å². The van der Waals surface area contributed by atoms with Crippen LogP contribution in [0.25, 0.3) is 0 Å². The number of hydrogen-bond donors (Lipinski definition) is 1. The Bertz CT molecular complexity index is 722. The summed E-state index contributed by atoms with van der Waals surface area (Å²) in [5.41, 5.74) is 0. The van der Waals surface area contributed by atoms with Crippen LogP contribution >= 0.6 is 0 Å². The lowest BCUT2D eigenvalue weighted by molar-refractivity contribution is -0.131. The van der Waals surface area contributed by atoms with Crippen molar-refractivity contribution < 1.29 is 14.4 Å². The minimum absolute atomic E-state index is 0.0115. The molecule has 1 aliphatic carbocycles. The van der Waals surface area contributed by atoms with Crippen LogP contribution in [0.5, 0.6) is 0 Å². The van der Waals surface area contributed by atoms with Gasteiger partial charge in [-0.1, -0.05) is 0 Å². The van der Waals surface area contributed by atoms with E-state index in [0.29, 0.717) is 18.4 Å². The van der Waals surface area contributed by atoms with Crippen LogP contribution in [0.2, 0.25) is 0 Å². The molecule has 138 valence electrons. The van der Waals surface area contributed by atoms with Crippen LogP contribution in [-0.2, 0) is 9.59 Å². The molecule has 0 spiro atoms. The maximum atomic E-state index is 12.5. The van der Waals surface area contributed by atoms with Gasteiger partial charge in [-0.15, -0.1) is 5.10 Å². The summed E-state index contributed by atoms with van der Waals surface area (Å²) in [6, 6.07) is 3.33. The fraction of sp³-hybridized carbons (Fsp3) is 0.588. The molecule has 1 aromatic heterocycles. The SMILES string of the molecule is CN1CC(=O)N(CC(=O)N[C@@H]2CN(c3cccnn3)C[C@H]2C2CC2)C1=O. The first-order valence-corrected chi connectivity index (χ1v) is 8.90. The number of carbonyl (C=O) groups is 3. The smallest absolute Gasteiger partial charge is 0.327 e. The Labute approximate surface area is 151 Å². The Morgan fingerprint density at radius 3 is 2.73 bits per heavy atom. The lowest BCUT2D eigenvalue weighted by atomic mass is 9.98. The summed E-state index contributed by atoms with van der Waals surface area (Å²) >= 11 is 0. The van der Waals surface area contributed by atoms with Gasteiger partial charge in [-0.3, -0.25) is 14.5 Å². The minimum atomic E-state index is -0.420. The van der Waals surface area contributed by atoms with Gasteiger partial charge in [-0.2, -0.15) is 5.10 Å². The summed E-state index contributed by atoms with van der Waals surface area (Å²) in [5, 5.41) is 11.1. The summed E-state index contributed by atoms with van der Waals surface area (Å²) in [5.74, 6) is 1.15. The number of aromatic nitrogens is 2. The Kier molecular flexibility index (Phi) is 4.21. The van der Waals surface area contributed by atoms with E-state index in [1.54, 1.807) is 13.2 Å². The van der Waals surface area contributed by atoms with Crippen molar-refractivity contribution in [3.8, 4) is 0 Å². The summed E-state index contributed by atoms with van der Waals surface area (Å²) in [6.45, 7) is 1.30. The molecule has 2 atom stereocenters. The van der Waals surface area contributed by atoms with E-state index in [9.17, 15) is 14.4 Å². The van der Waals surface area contributed by atoms with E-state index >= 15 is 0 Å². The van der Waals surface area contributed by atoms with E-state index in [1.807, 2.05) is 12.1 Å². The molecule has 0 radical (unpaired) electrons. The molecule has 1 aromatic rings. The predicted molar refractivity (Wildman–Crippen MR) is 92.1 cm³/mol. The van der Waals surface area contributed by atoms with Gasteiger partial charge >= 0.3 is 6.03 Å². The van der Waals surface area contributed by atoms with E-state index in [0.717, 1.165) is 17.3 Å². The van der Waals surface area contributed by atoms with Gasteiger partial charge in [-0.05, 0) is 30.9 Å². The van der Waals surface area contributed by atoms with Gasteiger partial charge in [-0.25, -0.2) is 4.79 Å². The Morgan fingerprint density at radius 1 is 1.31 bits per heavy atom. The number of likely N-dealkylation sites (N-methyl/N-ethyl adjacent to an activating group) is 1. The van der Waals surface area contributed by atoms with Crippen LogP contribution in [0.15, 0.2) is 18.3 Å². The lowest BCUT2D eigenvalue weighted by Gasteiger charge is -2.21. The average molecular weight is 358 g/mol. The normalized spacial score (nSPS) is 26.0. The van der Waals surface area contributed by atoms with Gasteiger partial charge < -0.3 is 15.1 Å². The van der Waals surface area contributed by atoms with Gasteiger partial charge in [0.15, 0.2) is 5.82 Å². The van der Waals surface area contributed by atoms with Crippen LogP contribution in [0, 0.1) is 11.8 Å². The first-order chi connectivity index (χ1) is 12.5. The maximum absolute atomic E-state index is 12.5. The number of anilines is 1. The highest BCUT2D eigenvalue weighted by atomic mass is 16.2. The molecule has 4 rings (SSSR count). The second kappa shape index (κ2) is 6.54. The fourth-order valence-corrected chi connectivity index (χ4v) is 3.85. The van der Waals surface area contributed by atoms with Crippen molar-refractivity contribution >= 4 is 23.7 Å². The second-order valence-corrected chi connectivity index (χ2v) is 7.28. The Hall–Kier alpha value is -2.71. The third-order valence-electron chi connectivity index (χ3n) is 5.35. The average Bonchev–Trinajstić information content (AvgIpc) is 3.35. The molecule has 0 bridgehead atoms. The van der Waals surface area contributed by atoms with Crippen molar-refractivity contribution in [2.24, 2.45) is 11.8 Å². The topological polar surface area (TPSA) is 98.7 Å². The Morgan fingerprint density at radius 2 is 2.12 bits per heavy atom. The third kappa shape index (κ3) is 3.21. The maximum Gasteiger partial charge on any atom is 0.327 e. The number of nitrogens with zero attached hydrogens (tertiary/aromatic N) is 5. The van der Waals surface area contributed by atoms with Crippen molar-refractivity contribution in [2.75, 3.05) is 38.1 Å². The highest BCUT2D eigenvalue weighted by Gasteiger charge is 2.44. The zero-order valence-electron chi connectivity index (χ0n) is 14.7. The second-order valence-electron chi connectivity index (χ2n) is 7.28. The van der Waals surface area contributed by atoms with Crippen LogP contribution in [-0.4, -0.2) is 77.1 Å². The zero-order valence-corrected chi connectivity index (χ0v) is 14.7. The summed E-state index contributed by atoms with van der Waals surface area (Å²) in [6.07, 6.45) is 4.00. The zero-order chi connectivity index (χ0) is 18.3. The number of rotatable bonds is 5. The van der Waals surface area contributed by atoms with E-state index in [2.05, 4.69) is 20.4 Å². The number of nitrogens with one attached hydrogen (secondary N) is 1. The molecule has 0 unspecified atom stereocenters. The standard InChI is InChI=1S/C17H22N6O3/c1-21-10-16(25)23(17(21)26)9-15(24)19-13-8-22(7-12(13)11-4-5-11)14-3-2-6-18-20-14/h2-3,6,11-13H,4-5,7-10H2,1H3,(H,19,24)/t12-,13+/m0/s1. The van der Waals surface area contributed by atoms with Crippen LogP contribution in [0.3, 0.4) is 0 Å². The molecule has 9 heteroatoms. The van der Waals surface area contributed by atoms with Gasteiger partial charge in [0, 0.05) is 32.3 Å². The van der Waals surface area contributed by atoms with Crippen molar-refractivity contribution in [1.82, 2.24) is 25.3 Å². The molecule has 1 saturated carbocycles. The van der Waals surface area contributed by atoms with Gasteiger partial charge in [0.2, 0.25) is 5.91 Å². The third-order valence-corrected chi connectivity index (χ3v) is 5.35. The number of urea groups is 1. The minimum Gasteiger partial charge on any atom is -0.353 e. The van der Waals surface area contributed by atoms with Crippen molar-refractivity contribution in [2.45, 2.75) is 18.9 Å². The van der Waals surface area contributed by atoms with E-state index in [-0.39, 0.29) is 30.9 Å². The molecule has 4 amide bonds. The number of amides is 4. The van der Waals surface area contributed by atoms with Crippen molar-refractivity contribution in [3.63, 3.8) is 0 Å². The van der Waals surface area contributed by atoms with E-state index in [1.165, 1.54) is 17.7 Å². The molecular formula is C17H22N6O3. The van der Waals surface area contributed by atoms with Gasteiger partial charge in [0.25, 0.3) is 5.91 Å². The highest BCUT2D eigenvalue weighted by Crippen LogP contribution is 2.42. The van der Waals surface area contributed by atoms with E-state index in [4.69, 9.17) is 0 Å². The number of imide groups is 1. The molecule has 3 fully saturated rings. The van der Waals surface area contributed by atoms with Crippen molar-refractivity contribution in [3.05, 3.63) is 18.3 Å². The molecule has 9 nitrogen and oxygen atoms in total. The van der Waals surface area contributed by atoms with Crippen LogP contribution < -0.4 is 10.2 Å². The molecule has 2 saturated heterocycles. The van der Waals surface area contributed by atoms with E-state index < -0.39 is 6.03 Å². The summed E-state index contributed by atoms with van der Waals surface area (Å²) in [7, 11) is 1.55. The first kappa shape index (κ1) is 16.7. The molecule has 3 aliphatic rings. The number of carbonyl (C=O) groups excluding carboxylic acids is 3. The predicted octanol–water partition coefficient (Wildman–Crippen LogP) is -0.298. The molecule has 2 aliphatic heterocycles. The molecule has 1 N–H and O–H groups in total. The summed E-state index contributed by atoms with van der Waals surface area (Å²) < 4.78 is 0. The highest BCUT2D eigenvalue weighted by molar-refractivity contribution is 6.04. The molecule has 3 heterocycles. The van der Waals surface area contributed by atoms with Gasteiger partial charge in [0.05, 0.1) is 6.04 Å².